The Kier molecular flexibility index (Phi) is 10.3. The molecule has 0 atom stereocenters. The summed E-state index contributed by atoms with van der Waals surface area (Å²) in [7, 11) is 1.64. The molecule has 0 bridgehead atoms. The summed E-state index contributed by atoms with van der Waals surface area (Å²) in [6.07, 6.45) is 18.9. The van der Waals surface area contributed by atoms with Crippen molar-refractivity contribution in [3.05, 3.63) is 77.7 Å². The number of unbranched alkanes of at least 4 members (excludes halogenated alkanes) is 1. The van der Waals surface area contributed by atoms with Gasteiger partial charge in [0.1, 0.15) is 6.34 Å². The van der Waals surface area contributed by atoms with E-state index in [-0.39, 0.29) is 12.3 Å². The number of aryl methyl sites for hydroxylation is 1. The third kappa shape index (κ3) is 7.91. The molecule has 1 aromatic heterocycles. The molecule has 0 radical (unpaired) electrons. The predicted octanol–water partition coefficient (Wildman–Crippen LogP) is 5.39. The van der Waals surface area contributed by atoms with Gasteiger partial charge in [0, 0.05) is 38.3 Å². The van der Waals surface area contributed by atoms with Gasteiger partial charge >= 0.3 is 5.97 Å². The Labute approximate surface area is 235 Å². The highest BCUT2D eigenvalue weighted by atomic mass is 16.4. The molecule has 8 nitrogen and oxygen atoms in total. The fourth-order valence-electron chi connectivity index (χ4n) is 5.18. The number of hydrogen-bond acceptors (Lipinski definition) is 5. The number of amides is 1. The Morgan fingerprint density at radius 1 is 1.12 bits per heavy atom. The maximum atomic E-state index is 13.2. The maximum absolute atomic E-state index is 13.2. The number of likely N-dealkylation sites (tertiary alicyclic amines) is 1. The Morgan fingerprint density at radius 2 is 1.95 bits per heavy atom. The molecule has 1 aliphatic carbocycles. The number of hydrogen-bond donors (Lipinski definition) is 1. The minimum absolute atomic E-state index is 0.112. The van der Waals surface area contributed by atoms with Crippen molar-refractivity contribution in [2.24, 2.45) is 15.9 Å². The van der Waals surface area contributed by atoms with Crippen molar-refractivity contribution in [3.8, 4) is 0 Å². The van der Waals surface area contributed by atoms with Gasteiger partial charge in [0.15, 0.2) is 0 Å². The standard InChI is InChI=1S/C32H37N5O3/c1-23(21-34-22-33-2)32-28(11-7-8-12-31(39)40)35-29-19-24(13-14-27(29)36-32)20-30(38)37-17-15-26(16-18-37)25-9-5-3-4-6-10-25/h3-6,9,13-14,19,21-22,26H,1,7-8,10-12,15-18,20H2,2H3,(H,39,40). The number of carboxylic acid groups (broad SMARTS) is 1. The highest BCUT2D eigenvalue weighted by Gasteiger charge is 2.25. The van der Waals surface area contributed by atoms with Crippen molar-refractivity contribution in [1.29, 1.82) is 0 Å². The van der Waals surface area contributed by atoms with E-state index >= 15 is 0 Å². The van der Waals surface area contributed by atoms with Gasteiger partial charge in [0.2, 0.25) is 5.91 Å². The number of piperidine rings is 1. The number of nitrogens with zero attached hydrogens (tertiary/aromatic N) is 5. The van der Waals surface area contributed by atoms with Crippen LogP contribution in [0.15, 0.2) is 70.7 Å². The quantitative estimate of drug-likeness (QED) is 0.234. The number of carbonyl (C=O) groups excluding carboxylic acids is 1. The molecule has 2 aromatic rings. The Balaban J connectivity index is 1.46. The lowest BCUT2D eigenvalue weighted by Crippen LogP contribution is -2.39. The van der Waals surface area contributed by atoms with E-state index in [0.717, 1.165) is 43.6 Å². The zero-order valence-electron chi connectivity index (χ0n) is 23.1. The van der Waals surface area contributed by atoms with Gasteiger partial charge in [-0.1, -0.05) is 48.6 Å². The largest absolute Gasteiger partial charge is 0.481 e. The molecule has 0 unspecified atom stereocenters. The van der Waals surface area contributed by atoms with Crippen LogP contribution in [-0.4, -0.2) is 64.5 Å². The zero-order chi connectivity index (χ0) is 28.3. The van der Waals surface area contributed by atoms with Crippen LogP contribution in [0.1, 0.15) is 55.5 Å². The van der Waals surface area contributed by atoms with E-state index in [1.54, 1.807) is 13.3 Å². The van der Waals surface area contributed by atoms with E-state index < -0.39 is 5.97 Å². The normalized spacial score (nSPS) is 16.1. The van der Waals surface area contributed by atoms with Gasteiger partial charge in [-0.25, -0.2) is 15.0 Å². The number of rotatable bonds is 11. The second kappa shape index (κ2) is 14.3. The van der Waals surface area contributed by atoms with Crippen molar-refractivity contribution >= 4 is 41.0 Å². The number of aliphatic carboxylic acids is 1. The molecule has 1 aromatic carbocycles. The Hall–Kier alpha value is -4.20. The van der Waals surface area contributed by atoms with E-state index in [2.05, 4.69) is 46.9 Å². The van der Waals surface area contributed by atoms with E-state index in [0.29, 0.717) is 53.9 Å². The Bertz CT molecular complexity index is 1390. The van der Waals surface area contributed by atoms with Crippen molar-refractivity contribution < 1.29 is 14.7 Å². The SMILES string of the molecule is C=C(C=NC=NC)c1nc2ccc(CC(=O)N3CCC(C4=CC=CC=CC4)CC3)cc2nc1CCCCC(=O)O. The predicted molar refractivity (Wildman–Crippen MR) is 161 cm³/mol. The van der Waals surface area contributed by atoms with Crippen LogP contribution >= 0.6 is 0 Å². The van der Waals surface area contributed by atoms with Gasteiger partial charge < -0.3 is 10.0 Å². The number of benzene rings is 1. The van der Waals surface area contributed by atoms with Gasteiger partial charge in [-0.3, -0.25) is 14.6 Å². The van der Waals surface area contributed by atoms with Crippen LogP contribution < -0.4 is 0 Å². The topological polar surface area (TPSA) is 108 Å². The fourth-order valence-corrected chi connectivity index (χ4v) is 5.18. The molecule has 40 heavy (non-hydrogen) atoms. The zero-order valence-corrected chi connectivity index (χ0v) is 23.1. The molecule has 0 spiro atoms. The fraction of sp³-hybridized carbons (Fsp3) is 0.375. The highest BCUT2D eigenvalue weighted by Crippen LogP contribution is 2.29. The van der Waals surface area contributed by atoms with Crippen LogP contribution in [-0.2, 0) is 22.4 Å². The average molecular weight is 540 g/mol. The lowest BCUT2D eigenvalue weighted by atomic mass is 9.87. The van der Waals surface area contributed by atoms with Crippen LogP contribution in [0.25, 0.3) is 16.6 Å². The van der Waals surface area contributed by atoms with Crippen molar-refractivity contribution in [1.82, 2.24) is 14.9 Å². The first kappa shape index (κ1) is 28.8. The van der Waals surface area contributed by atoms with Crippen LogP contribution in [0, 0.1) is 5.92 Å². The number of carbonyl (C=O) groups is 2. The summed E-state index contributed by atoms with van der Waals surface area (Å²) in [6, 6.07) is 5.77. The van der Waals surface area contributed by atoms with Crippen LogP contribution in [0.3, 0.4) is 0 Å². The summed E-state index contributed by atoms with van der Waals surface area (Å²) in [5, 5.41) is 8.98. The molecular formula is C32H37N5O3. The monoisotopic (exact) mass is 539 g/mol. The van der Waals surface area contributed by atoms with Gasteiger partial charge in [-0.15, -0.1) is 0 Å². The van der Waals surface area contributed by atoms with E-state index in [9.17, 15) is 9.59 Å². The average Bonchev–Trinajstić information content (AvgIpc) is 3.25. The lowest BCUT2D eigenvalue weighted by molar-refractivity contribution is -0.137. The van der Waals surface area contributed by atoms with E-state index in [4.69, 9.17) is 15.1 Å². The second-order valence-electron chi connectivity index (χ2n) is 10.2. The third-order valence-corrected chi connectivity index (χ3v) is 7.32. The molecule has 8 heteroatoms. The first-order valence-corrected chi connectivity index (χ1v) is 13.9. The number of aromatic nitrogens is 2. The molecular weight excluding hydrogens is 502 g/mol. The Morgan fingerprint density at radius 3 is 2.73 bits per heavy atom. The first-order chi connectivity index (χ1) is 19.4. The summed E-state index contributed by atoms with van der Waals surface area (Å²) in [4.78, 5) is 43.8. The summed E-state index contributed by atoms with van der Waals surface area (Å²) < 4.78 is 0. The minimum Gasteiger partial charge on any atom is -0.481 e. The molecule has 4 rings (SSSR count). The number of allylic oxidation sites excluding steroid dienone is 7. The molecule has 2 heterocycles. The minimum atomic E-state index is -0.811. The van der Waals surface area contributed by atoms with Crippen molar-refractivity contribution in [2.75, 3.05) is 20.1 Å². The highest BCUT2D eigenvalue weighted by molar-refractivity contribution is 6.10. The lowest BCUT2D eigenvalue weighted by Gasteiger charge is -2.33. The van der Waals surface area contributed by atoms with Gasteiger partial charge in [-0.05, 0) is 62.1 Å². The van der Waals surface area contributed by atoms with Crippen LogP contribution in [0.2, 0.25) is 0 Å². The van der Waals surface area contributed by atoms with E-state index in [1.807, 2.05) is 23.1 Å². The maximum Gasteiger partial charge on any atom is 0.303 e. The number of carboxylic acids is 1. The summed E-state index contributed by atoms with van der Waals surface area (Å²) in [5.74, 6) is -0.146. The van der Waals surface area contributed by atoms with Crippen molar-refractivity contribution in [3.63, 3.8) is 0 Å². The second-order valence-corrected chi connectivity index (χ2v) is 10.2. The first-order valence-electron chi connectivity index (χ1n) is 13.9. The smallest absolute Gasteiger partial charge is 0.303 e. The molecule has 2 aliphatic rings. The number of fused-ring (bicyclic) bond motifs is 1. The molecule has 0 saturated carbocycles. The van der Waals surface area contributed by atoms with Gasteiger partial charge in [-0.2, -0.15) is 0 Å². The summed E-state index contributed by atoms with van der Waals surface area (Å²) in [5.41, 5.74) is 5.76. The molecule has 1 fully saturated rings. The molecule has 1 aliphatic heterocycles. The molecule has 208 valence electrons. The molecule has 1 N–H and O–H groups in total. The van der Waals surface area contributed by atoms with Gasteiger partial charge in [0.05, 0.1) is 28.8 Å². The third-order valence-electron chi connectivity index (χ3n) is 7.32. The van der Waals surface area contributed by atoms with Crippen LogP contribution in [0.4, 0.5) is 0 Å². The van der Waals surface area contributed by atoms with Gasteiger partial charge in [0.25, 0.3) is 0 Å². The van der Waals surface area contributed by atoms with E-state index in [1.165, 1.54) is 11.9 Å². The summed E-state index contributed by atoms with van der Waals surface area (Å²) >= 11 is 0. The summed E-state index contributed by atoms with van der Waals surface area (Å²) in [6.45, 7) is 5.65. The van der Waals surface area contributed by atoms with Crippen molar-refractivity contribution in [2.45, 2.75) is 51.4 Å². The molecule has 1 amide bonds. The molecule has 1 saturated heterocycles. The number of aliphatic imine (C=N–C) groups is 2. The van der Waals surface area contributed by atoms with Crippen LogP contribution in [0.5, 0.6) is 0 Å².